The van der Waals surface area contributed by atoms with Gasteiger partial charge in [-0.25, -0.2) is 8.78 Å². The molecule has 1 aromatic rings. The third-order valence-electron chi connectivity index (χ3n) is 3.30. The average Bonchev–Trinajstić information content (AvgIpc) is 2.35. The maximum absolute atomic E-state index is 13.3. The van der Waals surface area contributed by atoms with Crippen LogP contribution in [-0.2, 0) is 0 Å². The highest BCUT2D eigenvalue weighted by atomic mass is 127. The molecule has 118 valence electrons. The molecule has 0 aliphatic heterocycles. The summed E-state index contributed by atoms with van der Waals surface area (Å²) in [7, 11) is 0. The van der Waals surface area contributed by atoms with E-state index < -0.39 is 11.6 Å². The Morgan fingerprint density at radius 1 is 1.38 bits per heavy atom. The smallest absolute Gasteiger partial charge is 0.188 e. The number of nitrogens with zero attached hydrogens (tertiary/aromatic N) is 1. The molecule has 0 spiro atoms. The van der Waals surface area contributed by atoms with Gasteiger partial charge in [0.1, 0.15) is 12.4 Å². The van der Waals surface area contributed by atoms with E-state index in [0.717, 1.165) is 18.7 Å². The third-order valence-corrected chi connectivity index (χ3v) is 3.30. The lowest BCUT2D eigenvalue weighted by Crippen LogP contribution is -2.35. The Kier molecular flexibility index (Phi) is 7.69. The lowest BCUT2D eigenvalue weighted by molar-refractivity contribution is 0.304. The van der Waals surface area contributed by atoms with Crippen molar-refractivity contribution in [3.63, 3.8) is 0 Å². The van der Waals surface area contributed by atoms with Crippen LogP contribution in [0.25, 0.3) is 0 Å². The number of benzene rings is 1. The molecular weight excluding hydrogens is 391 g/mol. The van der Waals surface area contributed by atoms with Crippen LogP contribution in [-0.4, -0.2) is 25.7 Å². The van der Waals surface area contributed by atoms with Crippen LogP contribution in [0.3, 0.4) is 0 Å². The first-order valence-electron chi connectivity index (χ1n) is 6.77. The molecule has 1 fully saturated rings. The summed E-state index contributed by atoms with van der Waals surface area (Å²) in [5.41, 5.74) is 5.69. The molecule has 1 aromatic carbocycles. The van der Waals surface area contributed by atoms with Crippen LogP contribution in [0.5, 0.6) is 5.75 Å². The third kappa shape index (κ3) is 6.03. The first kappa shape index (κ1) is 17.9. The Balaban J connectivity index is 0.00000220. The van der Waals surface area contributed by atoms with E-state index in [2.05, 4.69) is 10.3 Å². The van der Waals surface area contributed by atoms with Gasteiger partial charge < -0.3 is 15.8 Å². The fourth-order valence-electron chi connectivity index (χ4n) is 1.89. The van der Waals surface area contributed by atoms with Gasteiger partial charge in [0.05, 0.1) is 6.54 Å². The lowest BCUT2D eigenvalue weighted by atomic mass is 9.86. The van der Waals surface area contributed by atoms with E-state index in [1.807, 2.05) is 0 Å². The van der Waals surface area contributed by atoms with Gasteiger partial charge in [-0.2, -0.15) is 0 Å². The molecule has 1 aliphatic rings. The van der Waals surface area contributed by atoms with Gasteiger partial charge in [0.25, 0.3) is 0 Å². The van der Waals surface area contributed by atoms with E-state index in [4.69, 9.17) is 10.5 Å². The number of hydrogen-bond donors (Lipinski definition) is 2. The summed E-state index contributed by atoms with van der Waals surface area (Å²) < 4.78 is 31.1. The Hall–Kier alpha value is -1.12. The molecule has 0 heterocycles. The van der Waals surface area contributed by atoms with Crippen molar-refractivity contribution in [3.05, 3.63) is 29.8 Å². The Morgan fingerprint density at radius 3 is 2.76 bits per heavy atom. The quantitative estimate of drug-likeness (QED) is 0.328. The van der Waals surface area contributed by atoms with Crippen molar-refractivity contribution in [1.29, 1.82) is 0 Å². The summed E-state index contributed by atoms with van der Waals surface area (Å²) in [6.45, 7) is 1.39. The molecule has 2 rings (SSSR count). The van der Waals surface area contributed by atoms with Gasteiger partial charge in [-0.15, -0.1) is 24.0 Å². The molecule has 3 N–H and O–H groups in total. The van der Waals surface area contributed by atoms with Crippen molar-refractivity contribution in [1.82, 2.24) is 5.32 Å². The van der Waals surface area contributed by atoms with Gasteiger partial charge in [-0.3, -0.25) is 4.99 Å². The fraction of sp³-hybridized carbons (Fsp3) is 0.500. The molecule has 1 saturated carbocycles. The summed E-state index contributed by atoms with van der Waals surface area (Å²) >= 11 is 0. The van der Waals surface area contributed by atoms with Crippen LogP contribution in [0.15, 0.2) is 23.2 Å². The van der Waals surface area contributed by atoms with Crippen molar-refractivity contribution in [2.45, 2.75) is 19.3 Å². The topological polar surface area (TPSA) is 59.6 Å². The van der Waals surface area contributed by atoms with Gasteiger partial charge in [0.2, 0.25) is 0 Å². The zero-order valence-electron chi connectivity index (χ0n) is 11.6. The normalized spacial score (nSPS) is 15.0. The monoisotopic (exact) mass is 411 g/mol. The Morgan fingerprint density at radius 2 is 2.14 bits per heavy atom. The number of aliphatic imine (C=N–C) groups is 1. The SMILES string of the molecule is I.NC(=NCC1CCC1)NCCOc1ccc(F)cc1F. The molecule has 0 amide bonds. The van der Waals surface area contributed by atoms with Gasteiger partial charge >= 0.3 is 0 Å². The highest BCUT2D eigenvalue weighted by molar-refractivity contribution is 14.0. The number of rotatable bonds is 6. The van der Waals surface area contributed by atoms with Crippen molar-refractivity contribution < 1.29 is 13.5 Å². The predicted molar refractivity (Wildman–Crippen MR) is 89.1 cm³/mol. The molecule has 7 heteroatoms. The molecule has 1 aliphatic carbocycles. The Bertz CT molecular complexity index is 481. The zero-order valence-corrected chi connectivity index (χ0v) is 14.0. The molecular formula is C14H20F2IN3O. The van der Waals surface area contributed by atoms with Crippen molar-refractivity contribution >= 4 is 29.9 Å². The van der Waals surface area contributed by atoms with E-state index in [1.54, 1.807) is 0 Å². The largest absolute Gasteiger partial charge is 0.489 e. The second-order valence-electron chi connectivity index (χ2n) is 4.87. The van der Waals surface area contributed by atoms with Crippen molar-refractivity contribution in [3.8, 4) is 5.75 Å². The van der Waals surface area contributed by atoms with Crippen molar-refractivity contribution in [2.24, 2.45) is 16.6 Å². The van der Waals surface area contributed by atoms with E-state index >= 15 is 0 Å². The second-order valence-corrected chi connectivity index (χ2v) is 4.87. The number of nitrogens with two attached hydrogens (primary N) is 1. The van der Waals surface area contributed by atoms with E-state index in [9.17, 15) is 8.78 Å². The Labute approximate surface area is 140 Å². The zero-order chi connectivity index (χ0) is 14.4. The number of guanidine groups is 1. The number of ether oxygens (including phenoxy) is 1. The molecule has 0 aromatic heterocycles. The van der Waals surface area contributed by atoms with Crippen LogP contribution in [0, 0.1) is 17.6 Å². The molecule has 0 unspecified atom stereocenters. The summed E-state index contributed by atoms with van der Waals surface area (Å²) in [5.74, 6) is -0.268. The first-order valence-corrected chi connectivity index (χ1v) is 6.77. The van der Waals surface area contributed by atoms with Crippen LogP contribution in [0.2, 0.25) is 0 Å². The van der Waals surface area contributed by atoms with Gasteiger partial charge in [-0.1, -0.05) is 6.42 Å². The summed E-state index contributed by atoms with van der Waals surface area (Å²) in [6, 6.07) is 3.20. The maximum Gasteiger partial charge on any atom is 0.188 e. The lowest BCUT2D eigenvalue weighted by Gasteiger charge is -2.23. The summed E-state index contributed by atoms with van der Waals surface area (Å²) in [6.07, 6.45) is 3.73. The maximum atomic E-state index is 13.3. The van der Waals surface area contributed by atoms with Crippen molar-refractivity contribution in [2.75, 3.05) is 19.7 Å². The van der Waals surface area contributed by atoms with E-state index in [-0.39, 0.29) is 36.3 Å². The van der Waals surface area contributed by atoms with E-state index in [0.29, 0.717) is 18.4 Å². The molecule has 0 radical (unpaired) electrons. The van der Waals surface area contributed by atoms with Gasteiger partial charge in [-0.05, 0) is 30.9 Å². The van der Waals surface area contributed by atoms with Crippen LogP contribution in [0.1, 0.15) is 19.3 Å². The number of hydrogen-bond acceptors (Lipinski definition) is 2. The predicted octanol–water partition coefficient (Wildman–Crippen LogP) is 2.67. The minimum atomic E-state index is -0.711. The van der Waals surface area contributed by atoms with Crippen LogP contribution in [0.4, 0.5) is 8.78 Å². The summed E-state index contributed by atoms with van der Waals surface area (Å²) in [4.78, 5) is 4.22. The average molecular weight is 411 g/mol. The fourth-order valence-corrected chi connectivity index (χ4v) is 1.89. The van der Waals surface area contributed by atoms with Crippen LogP contribution < -0.4 is 15.8 Å². The van der Waals surface area contributed by atoms with Crippen LogP contribution >= 0.6 is 24.0 Å². The van der Waals surface area contributed by atoms with Gasteiger partial charge in [0, 0.05) is 12.6 Å². The molecule has 21 heavy (non-hydrogen) atoms. The second kappa shape index (κ2) is 9.01. The number of nitrogens with one attached hydrogen (secondary N) is 1. The highest BCUT2D eigenvalue weighted by Gasteiger charge is 2.16. The van der Waals surface area contributed by atoms with E-state index in [1.165, 1.54) is 25.3 Å². The molecule has 0 saturated heterocycles. The standard InChI is InChI=1S/C14H19F2N3O.HI/c15-11-4-5-13(12(16)8-11)20-7-6-18-14(17)19-9-10-2-1-3-10;/h4-5,8,10H,1-3,6-7,9H2,(H3,17,18,19);1H. The highest BCUT2D eigenvalue weighted by Crippen LogP contribution is 2.26. The first-order chi connectivity index (χ1) is 9.65. The summed E-state index contributed by atoms with van der Waals surface area (Å²) in [5, 5.41) is 2.89. The minimum absolute atomic E-state index is 0. The molecule has 0 atom stereocenters. The molecule has 4 nitrogen and oxygen atoms in total. The number of halogens is 3. The molecule has 0 bridgehead atoms. The van der Waals surface area contributed by atoms with Gasteiger partial charge in [0.15, 0.2) is 17.5 Å². The minimum Gasteiger partial charge on any atom is -0.489 e.